The van der Waals surface area contributed by atoms with Crippen LogP contribution in [0, 0.1) is 11.3 Å². The first-order valence-corrected chi connectivity index (χ1v) is 3.96. The van der Waals surface area contributed by atoms with Crippen LogP contribution in [0.2, 0.25) is 5.02 Å². The number of hydrogen-bond acceptors (Lipinski definition) is 3. The molecule has 0 atom stereocenters. The predicted octanol–water partition coefficient (Wildman–Crippen LogP) is 2.04. The number of aliphatic hydroxyl groups is 1. The molecule has 1 aromatic rings. The second-order valence-corrected chi connectivity index (χ2v) is 2.83. The predicted molar refractivity (Wildman–Crippen MR) is 44.8 cm³/mol. The van der Waals surface area contributed by atoms with E-state index in [1.807, 2.05) is 0 Å². The first kappa shape index (κ1) is 10.8. The minimum Gasteiger partial charge on any atom is -0.390 e. The van der Waals surface area contributed by atoms with Crippen LogP contribution in [-0.4, -0.2) is 10.1 Å². The molecular formula is C8H5ClF2N2O. The van der Waals surface area contributed by atoms with Crippen molar-refractivity contribution in [2.75, 3.05) is 0 Å². The number of nitriles is 1. The van der Waals surface area contributed by atoms with E-state index in [-0.39, 0.29) is 16.3 Å². The van der Waals surface area contributed by atoms with Crippen LogP contribution < -0.4 is 0 Å². The molecular weight excluding hydrogens is 214 g/mol. The second-order valence-electron chi connectivity index (χ2n) is 2.42. The third-order valence-corrected chi connectivity index (χ3v) is 1.85. The summed E-state index contributed by atoms with van der Waals surface area (Å²) >= 11 is 5.55. The summed E-state index contributed by atoms with van der Waals surface area (Å²) in [4.78, 5) is 3.42. The zero-order valence-corrected chi connectivity index (χ0v) is 7.59. The fraction of sp³-hybridized carbons (Fsp3) is 0.250. The van der Waals surface area contributed by atoms with Crippen LogP contribution in [0.1, 0.15) is 23.4 Å². The van der Waals surface area contributed by atoms with E-state index < -0.39 is 18.7 Å². The molecule has 0 aliphatic carbocycles. The lowest BCUT2D eigenvalue weighted by molar-refractivity contribution is 0.145. The van der Waals surface area contributed by atoms with Crippen molar-refractivity contribution in [3.05, 3.63) is 28.0 Å². The van der Waals surface area contributed by atoms with Gasteiger partial charge in [0.2, 0.25) is 0 Å². The quantitative estimate of drug-likeness (QED) is 0.826. The number of nitrogens with zero attached hydrogens (tertiary/aromatic N) is 2. The first-order chi connectivity index (χ1) is 6.60. The second kappa shape index (κ2) is 4.31. The molecule has 0 aliphatic heterocycles. The van der Waals surface area contributed by atoms with Gasteiger partial charge in [-0.25, -0.2) is 13.8 Å². The van der Waals surface area contributed by atoms with Crippen molar-refractivity contribution in [3.63, 3.8) is 0 Å². The van der Waals surface area contributed by atoms with Crippen molar-refractivity contribution in [2.24, 2.45) is 0 Å². The van der Waals surface area contributed by atoms with Crippen molar-refractivity contribution in [1.82, 2.24) is 4.98 Å². The number of aromatic nitrogens is 1. The third-order valence-electron chi connectivity index (χ3n) is 1.55. The van der Waals surface area contributed by atoms with Crippen molar-refractivity contribution in [2.45, 2.75) is 13.0 Å². The van der Waals surface area contributed by atoms with Gasteiger partial charge in [-0.2, -0.15) is 5.26 Å². The SMILES string of the molecule is N#Cc1c(Cl)cc(C(F)F)nc1CO. The van der Waals surface area contributed by atoms with Gasteiger partial charge in [0.15, 0.2) is 0 Å². The van der Waals surface area contributed by atoms with Crippen molar-refractivity contribution < 1.29 is 13.9 Å². The smallest absolute Gasteiger partial charge is 0.280 e. The summed E-state index contributed by atoms with van der Waals surface area (Å²) in [7, 11) is 0. The molecule has 0 saturated heterocycles. The average molecular weight is 219 g/mol. The topological polar surface area (TPSA) is 56.9 Å². The number of pyridine rings is 1. The molecule has 0 aromatic carbocycles. The summed E-state index contributed by atoms with van der Waals surface area (Å²) < 4.78 is 24.4. The monoisotopic (exact) mass is 218 g/mol. The Labute approximate surface area is 83.6 Å². The standard InChI is InChI=1S/C8H5ClF2N2O/c9-5-1-6(8(10)11)13-7(3-14)4(5)2-12/h1,8,14H,3H2. The lowest BCUT2D eigenvalue weighted by Gasteiger charge is -2.05. The van der Waals surface area contributed by atoms with Crippen LogP contribution in [-0.2, 0) is 6.61 Å². The van der Waals surface area contributed by atoms with Crippen LogP contribution in [0.3, 0.4) is 0 Å². The van der Waals surface area contributed by atoms with Gasteiger partial charge >= 0.3 is 0 Å². The summed E-state index contributed by atoms with van der Waals surface area (Å²) in [6, 6.07) is 2.60. The molecule has 0 unspecified atom stereocenters. The molecule has 74 valence electrons. The molecule has 0 amide bonds. The van der Waals surface area contributed by atoms with Gasteiger partial charge < -0.3 is 5.11 Å². The molecule has 3 nitrogen and oxygen atoms in total. The molecule has 1 aromatic heterocycles. The zero-order chi connectivity index (χ0) is 10.7. The Morgan fingerprint density at radius 1 is 1.64 bits per heavy atom. The molecule has 14 heavy (non-hydrogen) atoms. The zero-order valence-electron chi connectivity index (χ0n) is 6.84. The van der Waals surface area contributed by atoms with Gasteiger partial charge in [-0.05, 0) is 6.07 Å². The van der Waals surface area contributed by atoms with Gasteiger partial charge in [0, 0.05) is 0 Å². The van der Waals surface area contributed by atoms with Gasteiger partial charge in [0.1, 0.15) is 11.8 Å². The summed E-state index contributed by atoms with van der Waals surface area (Å²) in [5.41, 5.74) is -0.744. The maximum atomic E-state index is 12.2. The minimum absolute atomic E-state index is 0.0708. The summed E-state index contributed by atoms with van der Waals surface area (Å²) in [6.45, 7) is -0.594. The Morgan fingerprint density at radius 3 is 2.71 bits per heavy atom. The van der Waals surface area contributed by atoms with E-state index in [2.05, 4.69) is 4.98 Å². The Kier molecular flexibility index (Phi) is 3.33. The summed E-state index contributed by atoms with van der Waals surface area (Å²) in [5, 5.41) is 17.2. The van der Waals surface area contributed by atoms with E-state index in [9.17, 15) is 8.78 Å². The largest absolute Gasteiger partial charge is 0.390 e. The first-order valence-electron chi connectivity index (χ1n) is 3.58. The molecule has 0 saturated carbocycles. The molecule has 0 fully saturated rings. The van der Waals surface area contributed by atoms with Gasteiger partial charge in [0.25, 0.3) is 6.43 Å². The molecule has 6 heteroatoms. The number of rotatable bonds is 2. The molecule has 1 rings (SSSR count). The van der Waals surface area contributed by atoms with Crippen molar-refractivity contribution >= 4 is 11.6 Å². The summed E-state index contributed by atoms with van der Waals surface area (Å²) in [6.07, 6.45) is -2.77. The minimum atomic E-state index is -2.77. The van der Waals surface area contributed by atoms with Gasteiger partial charge in [-0.1, -0.05) is 11.6 Å². The van der Waals surface area contributed by atoms with E-state index in [1.165, 1.54) is 0 Å². The van der Waals surface area contributed by atoms with Crippen LogP contribution in [0.25, 0.3) is 0 Å². The average Bonchev–Trinajstić information content (AvgIpc) is 2.16. The van der Waals surface area contributed by atoms with Gasteiger partial charge in [-0.3, -0.25) is 0 Å². The number of alkyl halides is 2. The Bertz CT molecular complexity index is 390. The Morgan fingerprint density at radius 2 is 2.29 bits per heavy atom. The van der Waals surface area contributed by atoms with Crippen LogP contribution in [0.15, 0.2) is 6.07 Å². The Hall–Kier alpha value is -1.25. The fourth-order valence-electron chi connectivity index (χ4n) is 0.928. The molecule has 0 bridgehead atoms. The highest BCUT2D eigenvalue weighted by atomic mass is 35.5. The summed E-state index contributed by atoms with van der Waals surface area (Å²) in [5.74, 6) is 0. The maximum absolute atomic E-state index is 12.2. The molecule has 0 radical (unpaired) electrons. The maximum Gasteiger partial charge on any atom is 0.280 e. The van der Waals surface area contributed by atoms with E-state index in [0.29, 0.717) is 0 Å². The van der Waals surface area contributed by atoms with Crippen LogP contribution in [0.5, 0.6) is 0 Å². The van der Waals surface area contributed by atoms with E-state index in [0.717, 1.165) is 6.07 Å². The highest BCUT2D eigenvalue weighted by Crippen LogP contribution is 2.24. The van der Waals surface area contributed by atoms with E-state index in [1.54, 1.807) is 6.07 Å². The highest BCUT2D eigenvalue weighted by Gasteiger charge is 2.15. The van der Waals surface area contributed by atoms with Crippen molar-refractivity contribution in [1.29, 1.82) is 5.26 Å². The van der Waals surface area contributed by atoms with Crippen molar-refractivity contribution in [3.8, 4) is 6.07 Å². The van der Waals surface area contributed by atoms with Crippen LogP contribution >= 0.6 is 11.6 Å². The third kappa shape index (κ3) is 1.97. The number of aliphatic hydroxyl groups excluding tert-OH is 1. The van der Waals surface area contributed by atoms with E-state index in [4.69, 9.17) is 22.0 Å². The molecule has 0 aliphatic rings. The number of hydrogen-bond donors (Lipinski definition) is 1. The lowest BCUT2D eigenvalue weighted by atomic mass is 10.2. The van der Waals surface area contributed by atoms with Gasteiger partial charge in [-0.15, -0.1) is 0 Å². The van der Waals surface area contributed by atoms with Crippen LogP contribution in [0.4, 0.5) is 8.78 Å². The fourth-order valence-corrected chi connectivity index (χ4v) is 1.19. The molecule has 1 heterocycles. The normalized spacial score (nSPS) is 10.3. The van der Waals surface area contributed by atoms with E-state index >= 15 is 0 Å². The number of halogens is 3. The molecule has 0 spiro atoms. The molecule has 1 N–H and O–H groups in total. The Balaban J connectivity index is 3.33. The lowest BCUT2D eigenvalue weighted by Crippen LogP contribution is -2.00. The van der Waals surface area contributed by atoms with Gasteiger partial charge in [0.05, 0.1) is 22.9 Å². The highest BCUT2D eigenvalue weighted by molar-refractivity contribution is 6.31.